The standard InChI is InChI=1S/C49H29N3O3/c1-3-11-30(12-4-1)49-50-41-29-47-40(28-48(41)55-49)38-23-20-34(27-46(38)54-47)51(33-19-22-37-36-16-8-10-18-44(36)53-45(37)26-33)32-21-24-43-39(25-32)35-15-7-9-17-42(35)52(43)31-13-5-2-6-14-31/h1-29H. The third-order valence-electron chi connectivity index (χ3n) is 10.8. The number of aromatic nitrogens is 2. The smallest absolute Gasteiger partial charge is 0.227 e. The van der Waals surface area contributed by atoms with Gasteiger partial charge in [0, 0.05) is 78.8 Å². The first kappa shape index (κ1) is 29.9. The van der Waals surface area contributed by atoms with E-state index in [9.17, 15) is 0 Å². The lowest BCUT2D eigenvalue weighted by molar-refractivity contribution is 0.620. The number of anilines is 3. The number of hydrogen-bond donors (Lipinski definition) is 0. The van der Waals surface area contributed by atoms with Crippen molar-refractivity contribution in [3.63, 3.8) is 0 Å². The SMILES string of the molecule is c1ccc(-c2nc3cc4oc5cc(N(c6ccc7c(c6)oc6ccccc67)c6ccc7c(c6)c6ccccc6n7-c6ccccc6)ccc5c4cc3o2)cc1. The van der Waals surface area contributed by atoms with Crippen molar-refractivity contribution in [3.05, 3.63) is 176 Å². The number of nitrogens with zero attached hydrogens (tertiary/aromatic N) is 3. The molecular weight excluding hydrogens is 679 g/mol. The zero-order valence-electron chi connectivity index (χ0n) is 29.3. The number of fused-ring (bicyclic) bond motifs is 10. The Labute approximate surface area is 313 Å². The molecule has 0 aliphatic heterocycles. The first-order chi connectivity index (χ1) is 27.2. The van der Waals surface area contributed by atoms with Gasteiger partial charge < -0.3 is 22.7 Å². The van der Waals surface area contributed by atoms with Crippen LogP contribution in [0.1, 0.15) is 0 Å². The van der Waals surface area contributed by atoms with Crippen LogP contribution in [0.3, 0.4) is 0 Å². The summed E-state index contributed by atoms with van der Waals surface area (Å²) in [7, 11) is 0. The van der Waals surface area contributed by atoms with Crippen molar-refractivity contribution in [2.45, 2.75) is 0 Å². The molecule has 55 heavy (non-hydrogen) atoms. The largest absolute Gasteiger partial charge is 0.456 e. The van der Waals surface area contributed by atoms with Crippen LogP contribution in [0.4, 0.5) is 17.1 Å². The van der Waals surface area contributed by atoms with Crippen molar-refractivity contribution in [3.8, 4) is 17.1 Å². The summed E-state index contributed by atoms with van der Waals surface area (Å²) in [6.07, 6.45) is 0. The van der Waals surface area contributed by atoms with E-state index < -0.39 is 0 Å². The lowest BCUT2D eigenvalue weighted by Crippen LogP contribution is -2.09. The lowest BCUT2D eigenvalue weighted by Gasteiger charge is -2.25. The molecule has 0 aliphatic carbocycles. The van der Waals surface area contributed by atoms with E-state index in [4.69, 9.17) is 18.2 Å². The van der Waals surface area contributed by atoms with Gasteiger partial charge in [-0.15, -0.1) is 0 Å². The van der Waals surface area contributed by atoms with E-state index in [0.717, 1.165) is 94.3 Å². The van der Waals surface area contributed by atoms with Gasteiger partial charge in [0.2, 0.25) is 5.89 Å². The summed E-state index contributed by atoms with van der Waals surface area (Å²) >= 11 is 0. The van der Waals surface area contributed by atoms with Crippen LogP contribution < -0.4 is 4.90 Å². The molecule has 258 valence electrons. The Morgan fingerprint density at radius 3 is 1.76 bits per heavy atom. The van der Waals surface area contributed by atoms with Gasteiger partial charge in [-0.05, 0) is 84.9 Å². The highest BCUT2D eigenvalue weighted by molar-refractivity contribution is 6.12. The van der Waals surface area contributed by atoms with E-state index >= 15 is 0 Å². The van der Waals surface area contributed by atoms with Gasteiger partial charge >= 0.3 is 0 Å². The molecule has 0 fully saturated rings. The van der Waals surface area contributed by atoms with Crippen LogP contribution in [0.25, 0.3) is 93.9 Å². The van der Waals surface area contributed by atoms with Gasteiger partial charge in [-0.1, -0.05) is 72.8 Å². The zero-order chi connectivity index (χ0) is 36.0. The number of para-hydroxylation sites is 3. The molecule has 6 nitrogen and oxygen atoms in total. The summed E-state index contributed by atoms with van der Waals surface area (Å²) in [6, 6.07) is 61.0. The molecule has 0 radical (unpaired) electrons. The van der Waals surface area contributed by atoms with E-state index in [1.54, 1.807) is 0 Å². The minimum Gasteiger partial charge on any atom is -0.456 e. The van der Waals surface area contributed by atoms with E-state index in [-0.39, 0.29) is 0 Å². The Balaban J connectivity index is 1.05. The second kappa shape index (κ2) is 11.5. The molecule has 12 aromatic rings. The molecule has 0 bridgehead atoms. The summed E-state index contributed by atoms with van der Waals surface area (Å²) in [5, 5.41) is 6.54. The number of oxazole rings is 1. The minimum absolute atomic E-state index is 0.593. The highest BCUT2D eigenvalue weighted by atomic mass is 16.4. The predicted molar refractivity (Wildman–Crippen MR) is 223 cm³/mol. The third kappa shape index (κ3) is 4.58. The average Bonchev–Trinajstić information content (AvgIpc) is 4.00. The van der Waals surface area contributed by atoms with E-state index in [1.165, 1.54) is 10.8 Å². The van der Waals surface area contributed by atoms with Gasteiger partial charge in [-0.3, -0.25) is 0 Å². The summed E-state index contributed by atoms with van der Waals surface area (Å²) in [4.78, 5) is 7.08. The molecule has 0 aliphatic rings. The topological polar surface area (TPSA) is 60.5 Å². The van der Waals surface area contributed by atoms with Crippen molar-refractivity contribution < 1.29 is 13.3 Å². The van der Waals surface area contributed by atoms with Crippen LogP contribution in [-0.2, 0) is 0 Å². The van der Waals surface area contributed by atoms with Gasteiger partial charge in [0.15, 0.2) is 5.58 Å². The molecule has 0 saturated heterocycles. The minimum atomic E-state index is 0.593. The highest BCUT2D eigenvalue weighted by Gasteiger charge is 2.21. The summed E-state index contributed by atoms with van der Waals surface area (Å²) in [6.45, 7) is 0. The number of rotatable bonds is 5. The molecule has 0 N–H and O–H groups in total. The molecule has 0 spiro atoms. The first-order valence-electron chi connectivity index (χ1n) is 18.4. The van der Waals surface area contributed by atoms with E-state index in [0.29, 0.717) is 5.89 Å². The molecule has 12 rings (SSSR count). The van der Waals surface area contributed by atoms with Crippen molar-refractivity contribution in [1.29, 1.82) is 0 Å². The molecular formula is C49H29N3O3. The van der Waals surface area contributed by atoms with Crippen LogP contribution in [0, 0.1) is 0 Å². The number of furan rings is 2. The normalized spacial score (nSPS) is 12.0. The Hall–Kier alpha value is -7.57. The monoisotopic (exact) mass is 707 g/mol. The van der Waals surface area contributed by atoms with Gasteiger partial charge in [-0.2, -0.15) is 0 Å². The van der Waals surface area contributed by atoms with Gasteiger partial charge in [0.25, 0.3) is 0 Å². The molecule has 0 unspecified atom stereocenters. The number of benzene rings is 8. The summed E-state index contributed by atoms with van der Waals surface area (Å²) in [5.41, 5.74) is 12.1. The Bertz CT molecular complexity index is 3440. The molecule has 6 heteroatoms. The summed E-state index contributed by atoms with van der Waals surface area (Å²) < 4.78 is 21.6. The summed E-state index contributed by atoms with van der Waals surface area (Å²) in [5.74, 6) is 0.593. The lowest BCUT2D eigenvalue weighted by atomic mass is 10.1. The third-order valence-corrected chi connectivity index (χ3v) is 10.8. The maximum absolute atomic E-state index is 6.60. The van der Waals surface area contributed by atoms with Gasteiger partial charge in [-0.25, -0.2) is 4.98 Å². The first-order valence-corrected chi connectivity index (χ1v) is 18.4. The second-order valence-electron chi connectivity index (χ2n) is 14.0. The van der Waals surface area contributed by atoms with Crippen molar-refractivity contribution in [1.82, 2.24) is 9.55 Å². The van der Waals surface area contributed by atoms with Gasteiger partial charge in [0.05, 0.1) is 11.0 Å². The fourth-order valence-electron chi connectivity index (χ4n) is 8.29. The van der Waals surface area contributed by atoms with Crippen LogP contribution in [0.5, 0.6) is 0 Å². The molecule has 4 heterocycles. The van der Waals surface area contributed by atoms with Crippen LogP contribution in [0.15, 0.2) is 189 Å². The van der Waals surface area contributed by atoms with Crippen molar-refractivity contribution >= 4 is 93.8 Å². The average molecular weight is 708 g/mol. The van der Waals surface area contributed by atoms with Crippen molar-refractivity contribution in [2.24, 2.45) is 0 Å². The maximum atomic E-state index is 6.60. The zero-order valence-corrected chi connectivity index (χ0v) is 29.3. The van der Waals surface area contributed by atoms with E-state index in [2.05, 4.69) is 131 Å². The Morgan fingerprint density at radius 1 is 0.382 bits per heavy atom. The fraction of sp³-hybridized carbons (Fsp3) is 0. The van der Waals surface area contributed by atoms with Crippen LogP contribution in [0.2, 0.25) is 0 Å². The molecule has 8 aromatic carbocycles. The van der Waals surface area contributed by atoms with E-state index in [1.807, 2.05) is 54.6 Å². The van der Waals surface area contributed by atoms with Crippen LogP contribution >= 0.6 is 0 Å². The van der Waals surface area contributed by atoms with Gasteiger partial charge in [0.1, 0.15) is 27.8 Å². The quantitative estimate of drug-likeness (QED) is 0.178. The molecule has 0 atom stereocenters. The second-order valence-corrected chi connectivity index (χ2v) is 14.0. The van der Waals surface area contributed by atoms with Crippen molar-refractivity contribution in [2.75, 3.05) is 4.90 Å². The number of hydrogen-bond acceptors (Lipinski definition) is 5. The maximum Gasteiger partial charge on any atom is 0.227 e. The Kier molecular flexibility index (Phi) is 6.24. The molecule has 0 amide bonds. The van der Waals surface area contributed by atoms with Crippen LogP contribution in [-0.4, -0.2) is 9.55 Å². The fourth-order valence-corrected chi connectivity index (χ4v) is 8.29. The molecule has 0 saturated carbocycles. The molecule has 4 aromatic heterocycles. The Morgan fingerprint density at radius 2 is 0.964 bits per heavy atom. The predicted octanol–water partition coefficient (Wildman–Crippen LogP) is 13.9. The highest BCUT2D eigenvalue weighted by Crippen LogP contribution is 2.43.